The lowest BCUT2D eigenvalue weighted by Gasteiger charge is -2.11. The largest absolute Gasteiger partial charge is 0.492 e. The molecular weight excluding hydrogens is 262 g/mol. The summed E-state index contributed by atoms with van der Waals surface area (Å²) in [7, 11) is 0. The molecule has 18 heavy (non-hydrogen) atoms. The number of hydrogen-bond donors (Lipinski definition) is 1. The van der Waals surface area contributed by atoms with Gasteiger partial charge < -0.3 is 10.5 Å². The SMILES string of the molecule is Cc1ccc(OCCc2cccs2)c(C(N)=S)c1. The van der Waals surface area contributed by atoms with E-state index in [1.54, 1.807) is 11.3 Å². The smallest absolute Gasteiger partial charge is 0.129 e. The van der Waals surface area contributed by atoms with E-state index in [-0.39, 0.29) is 0 Å². The number of ether oxygens (including phenoxy) is 1. The lowest BCUT2D eigenvalue weighted by Crippen LogP contribution is -2.12. The van der Waals surface area contributed by atoms with E-state index in [1.807, 2.05) is 31.2 Å². The predicted octanol–water partition coefficient (Wildman–Crippen LogP) is 3.31. The van der Waals surface area contributed by atoms with Crippen molar-refractivity contribution in [2.45, 2.75) is 13.3 Å². The number of hydrogen-bond acceptors (Lipinski definition) is 3. The fourth-order valence-corrected chi connectivity index (χ4v) is 2.53. The molecule has 0 spiro atoms. The van der Waals surface area contributed by atoms with Crippen molar-refractivity contribution in [3.05, 3.63) is 51.7 Å². The first-order valence-corrected chi connectivity index (χ1v) is 7.01. The molecule has 0 aliphatic carbocycles. The van der Waals surface area contributed by atoms with Gasteiger partial charge in [0.25, 0.3) is 0 Å². The number of thiophene rings is 1. The molecule has 2 nitrogen and oxygen atoms in total. The van der Waals surface area contributed by atoms with E-state index in [1.165, 1.54) is 4.88 Å². The Morgan fingerprint density at radius 1 is 1.39 bits per heavy atom. The Hall–Kier alpha value is -1.39. The van der Waals surface area contributed by atoms with E-state index >= 15 is 0 Å². The summed E-state index contributed by atoms with van der Waals surface area (Å²) in [5.74, 6) is 0.768. The van der Waals surface area contributed by atoms with Crippen molar-refractivity contribution in [2.75, 3.05) is 6.61 Å². The number of aryl methyl sites for hydroxylation is 1. The Bertz CT molecular complexity index is 535. The highest BCUT2D eigenvalue weighted by molar-refractivity contribution is 7.80. The summed E-state index contributed by atoms with van der Waals surface area (Å²) in [4.78, 5) is 1.70. The van der Waals surface area contributed by atoms with Crippen LogP contribution < -0.4 is 10.5 Å². The van der Waals surface area contributed by atoms with Crippen LogP contribution in [0.4, 0.5) is 0 Å². The second-order valence-corrected chi connectivity index (χ2v) is 5.51. The van der Waals surface area contributed by atoms with Crippen LogP contribution in [0, 0.1) is 6.92 Å². The van der Waals surface area contributed by atoms with Crippen molar-refractivity contribution in [1.82, 2.24) is 0 Å². The molecule has 94 valence electrons. The number of rotatable bonds is 5. The van der Waals surface area contributed by atoms with Gasteiger partial charge in [0.05, 0.1) is 12.2 Å². The van der Waals surface area contributed by atoms with Crippen molar-refractivity contribution in [2.24, 2.45) is 5.73 Å². The predicted molar refractivity (Wildman–Crippen MR) is 80.6 cm³/mol. The fraction of sp³-hybridized carbons (Fsp3) is 0.214. The van der Waals surface area contributed by atoms with Gasteiger partial charge in [-0.2, -0.15) is 0 Å². The van der Waals surface area contributed by atoms with Crippen molar-refractivity contribution in [3.63, 3.8) is 0 Å². The molecule has 1 heterocycles. The molecule has 1 aromatic carbocycles. The van der Waals surface area contributed by atoms with E-state index in [2.05, 4.69) is 11.4 Å². The molecule has 0 saturated carbocycles. The van der Waals surface area contributed by atoms with Gasteiger partial charge in [-0.25, -0.2) is 0 Å². The highest BCUT2D eigenvalue weighted by Gasteiger charge is 2.06. The van der Waals surface area contributed by atoms with Crippen LogP contribution in [-0.2, 0) is 6.42 Å². The van der Waals surface area contributed by atoms with Crippen LogP contribution in [0.3, 0.4) is 0 Å². The summed E-state index contributed by atoms with van der Waals surface area (Å²) in [6, 6.07) is 10.0. The van der Waals surface area contributed by atoms with Crippen LogP contribution in [0.5, 0.6) is 5.75 Å². The number of nitrogens with two attached hydrogens (primary N) is 1. The maximum absolute atomic E-state index is 5.77. The highest BCUT2D eigenvalue weighted by atomic mass is 32.1. The van der Waals surface area contributed by atoms with Gasteiger partial charge in [-0.1, -0.05) is 29.9 Å². The maximum Gasteiger partial charge on any atom is 0.129 e. The zero-order chi connectivity index (χ0) is 13.0. The van der Waals surface area contributed by atoms with Gasteiger partial charge >= 0.3 is 0 Å². The summed E-state index contributed by atoms with van der Waals surface area (Å²) < 4.78 is 5.77. The first-order valence-electron chi connectivity index (χ1n) is 5.72. The molecule has 0 radical (unpaired) electrons. The molecule has 0 saturated heterocycles. The molecule has 0 atom stereocenters. The third-order valence-corrected chi connectivity index (χ3v) is 3.74. The standard InChI is InChI=1S/C14H15NOS2/c1-10-4-5-13(12(9-10)14(15)17)16-7-6-11-3-2-8-18-11/h2-5,8-9H,6-7H2,1H3,(H2,15,17). The Morgan fingerprint density at radius 2 is 2.22 bits per heavy atom. The van der Waals surface area contributed by atoms with Crippen molar-refractivity contribution in [1.29, 1.82) is 0 Å². The van der Waals surface area contributed by atoms with E-state index in [9.17, 15) is 0 Å². The van der Waals surface area contributed by atoms with Crippen molar-refractivity contribution in [3.8, 4) is 5.75 Å². The van der Waals surface area contributed by atoms with E-state index in [0.29, 0.717) is 11.6 Å². The average Bonchev–Trinajstić information content (AvgIpc) is 2.84. The summed E-state index contributed by atoms with van der Waals surface area (Å²) >= 11 is 6.78. The molecule has 4 heteroatoms. The Balaban J connectivity index is 2.02. The van der Waals surface area contributed by atoms with Crippen LogP contribution in [0.25, 0.3) is 0 Å². The fourth-order valence-electron chi connectivity index (χ4n) is 1.68. The van der Waals surface area contributed by atoms with Crippen LogP contribution >= 0.6 is 23.6 Å². The van der Waals surface area contributed by atoms with Gasteiger partial charge in [0.2, 0.25) is 0 Å². The van der Waals surface area contributed by atoms with E-state index in [0.717, 1.165) is 23.3 Å². The van der Waals surface area contributed by atoms with Gasteiger partial charge in [0.15, 0.2) is 0 Å². The van der Waals surface area contributed by atoms with E-state index in [4.69, 9.17) is 22.7 Å². The Morgan fingerprint density at radius 3 is 2.89 bits per heavy atom. The molecular formula is C14H15NOS2. The normalized spacial score (nSPS) is 10.3. The van der Waals surface area contributed by atoms with Gasteiger partial charge in [0, 0.05) is 11.3 Å². The summed E-state index contributed by atoms with van der Waals surface area (Å²) in [5.41, 5.74) is 7.65. The summed E-state index contributed by atoms with van der Waals surface area (Å²) in [6.07, 6.45) is 0.905. The summed E-state index contributed by atoms with van der Waals surface area (Å²) in [5, 5.41) is 2.07. The zero-order valence-electron chi connectivity index (χ0n) is 10.2. The van der Waals surface area contributed by atoms with Crippen LogP contribution in [0.2, 0.25) is 0 Å². The van der Waals surface area contributed by atoms with Gasteiger partial charge in [-0.3, -0.25) is 0 Å². The maximum atomic E-state index is 5.77. The Kier molecular flexibility index (Phi) is 4.33. The molecule has 0 aliphatic heterocycles. The molecule has 2 rings (SSSR count). The quantitative estimate of drug-likeness (QED) is 0.852. The summed E-state index contributed by atoms with van der Waals surface area (Å²) in [6.45, 7) is 2.65. The lowest BCUT2D eigenvalue weighted by molar-refractivity contribution is 0.322. The molecule has 2 aromatic rings. The minimum atomic E-state index is 0.379. The van der Waals surface area contributed by atoms with Crippen LogP contribution in [0.1, 0.15) is 16.0 Å². The topological polar surface area (TPSA) is 35.2 Å². The third kappa shape index (κ3) is 3.31. The molecule has 0 fully saturated rings. The van der Waals surface area contributed by atoms with Crippen molar-refractivity contribution >= 4 is 28.5 Å². The van der Waals surface area contributed by atoms with E-state index < -0.39 is 0 Å². The van der Waals surface area contributed by atoms with Crippen LogP contribution in [0.15, 0.2) is 35.7 Å². The molecule has 0 unspecified atom stereocenters. The second kappa shape index (κ2) is 5.98. The highest BCUT2D eigenvalue weighted by Crippen LogP contribution is 2.20. The minimum Gasteiger partial charge on any atom is -0.492 e. The molecule has 0 aliphatic rings. The second-order valence-electron chi connectivity index (χ2n) is 4.04. The molecule has 2 N–H and O–H groups in total. The number of thiocarbonyl (C=S) groups is 1. The Labute approximate surface area is 116 Å². The number of benzene rings is 1. The molecule has 0 bridgehead atoms. The van der Waals surface area contributed by atoms with Gasteiger partial charge in [-0.15, -0.1) is 11.3 Å². The first-order chi connectivity index (χ1) is 8.66. The van der Waals surface area contributed by atoms with Crippen molar-refractivity contribution < 1.29 is 4.74 Å². The monoisotopic (exact) mass is 277 g/mol. The third-order valence-electron chi connectivity index (χ3n) is 2.59. The molecule has 0 amide bonds. The molecule has 1 aromatic heterocycles. The van der Waals surface area contributed by atoms with Gasteiger partial charge in [-0.05, 0) is 30.5 Å². The zero-order valence-corrected chi connectivity index (χ0v) is 11.8. The van der Waals surface area contributed by atoms with Gasteiger partial charge in [0.1, 0.15) is 10.7 Å². The van der Waals surface area contributed by atoms with Crippen LogP contribution in [-0.4, -0.2) is 11.6 Å². The first kappa shape index (κ1) is 13.1. The lowest BCUT2D eigenvalue weighted by atomic mass is 10.1. The minimum absolute atomic E-state index is 0.379. The average molecular weight is 277 g/mol.